The molecule has 0 bridgehead atoms. The highest BCUT2D eigenvalue weighted by molar-refractivity contribution is 7.78. The van der Waals surface area contributed by atoms with Gasteiger partial charge >= 0.3 is 0 Å². The lowest BCUT2D eigenvalue weighted by atomic mass is 9.89. The van der Waals surface area contributed by atoms with Gasteiger partial charge in [0, 0.05) is 43.2 Å². The van der Waals surface area contributed by atoms with E-state index in [2.05, 4.69) is 16.1 Å². The molecule has 0 spiro atoms. The number of halogens is 1. The number of fused-ring (bicyclic) bond motifs is 1. The van der Waals surface area contributed by atoms with Crippen molar-refractivity contribution in [3.8, 4) is 5.69 Å². The van der Waals surface area contributed by atoms with E-state index in [1.807, 2.05) is 54.9 Å². The van der Waals surface area contributed by atoms with Crippen molar-refractivity contribution < 1.29 is 17.9 Å². The van der Waals surface area contributed by atoms with Gasteiger partial charge in [-0.1, -0.05) is 35.3 Å². The lowest BCUT2D eigenvalue weighted by Gasteiger charge is -2.32. The van der Waals surface area contributed by atoms with Crippen LogP contribution in [0.1, 0.15) is 59.7 Å². The van der Waals surface area contributed by atoms with Gasteiger partial charge in [-0.2, -0.15) is 0 Å². The molecule has 0 saturated carbocycles. The monoisotopic (exact) mass is 575 g/mol. The van der Waals surface area contributed by atoms with Crippen molar-refractivity contribution in [2.75, 3.05) is 26.7 Å². The number of amides is 1. The summed E-state index contributed by atoms with van der Waals surface area (Å²) in [6.45, 7) is 6.79. The maximum atomic E-state index is 14.3. The molecule has 2 aromatic carbocycles. The van der Waals surface area contributed by atoms with Gasteiger partial charge in [0.15, 0.2) is 0 Å². The van der Waals surface area contributed by atoms with Gasteiger partial charge in [0.2, 0.25) is 0 Å². The second kappa shape index (κ2) is 12.6. The summed E-state index contributed by atoms with van der Waals surface area (Å²) in [7, 11) is 1.74. The van der Waals surface area contributed by atoms with Crippen LogP contribution in [0.15, 0.2) is 67.1 Å². The average Bonchev–Trinajstić information content (AvgIpc) is 3.35. The maximum absolute atomic E-state index is 14.3. The minimum absolute atomic E-state index is 0.0162. The highest BCUT2D eigenvalue weighted by Gasteiger charge is 2.26. The van der Waals surface area contributed by atoms with Gasteiger partial charge < -0.3 is 18.9 Å². The Bertz CT molecular complexity index is 1540. The van der Waals surface area contributed by atoms with E-state index in [-0.39, 0.29) is 17.7 Å². The highest BCUT2D eigenvalue weighted by atomic mass is 32.2. The van der Waals surface area contributed by atoms with Crippen LogP contribution in [0, 0.1) is 5.82 Å². The molecule has 2 aromatic heterocycles. The maximum Gasteiger partial charge on any atom is 0.256 e. The number of hydrogen-bond acceptors (Lipinski definition) is 5. The molecule has 1 fully saturated rings. The summed E-state index contributed by atoms with van der Waals surface area (Å²) in [5, 5.41) is 1.11. The van der Waals surface area contributed by atoms with Gasteiger partial charge in [-0.25, -0.2) is 4.39 Å². The van der Waals surface area contributed by atoms with Gasteiger partial charge in [0.05, 0.1) is 23.0 Å². The SMILES string of the molecule is CC(C)N(C)C(=O)c1cc(F)ccc1-n1cc(C2CCN(CCc3ccc(CS(=O)[O-])cc3)CC2)c2ccncc21. The number of piperidine rings is 1. The Hall–Kier alpha value is -3.40. The third-order valence-corrected chi connectivity index (χ3v) is 8.80. The quantitative estimate of drug-likeness (QED) is 0.248. The molecule has 1 unspecified atom stereocenters. The Morgan fingerprint density at radius 3 is 2.51 bits per heavy atom. The van der Waals surface area contributed by atoms with Gasteiger partial charge in [-0.15, -0.1) is 0 Å². The average molecular weight is 576 g/mol. The molecule has 1 aliphatic rings. The van der Waals surface area contributed by atoms with Gasteiger partial charge in [-0.3, -0.25) is 14.0 Å². The third kappa shape index (κ3) is 6.58. The summed E-state index contributed by atoms with van der Waals surface area (Å²) >= 11 is -2.07. The summed E-state index contributed by atoms with van der Waals surface area (Å²) in [5.74, 6) is -0.243. The number of carbonyl (C=O) groups excluding carboxylic acids is 1. The third-order valence-electron chi connectivity index (χ3n) is 8.23. The first-order chi connectivity index (χ1) is 19.7. The van der Waals surface area contributed by atoms with Crippen LogP contribution in [0.4, 0.5) is 4.39 Å². The predicted molar refractivity (Wildman–Crippen MR) is 159 cm³/mol. The molecule has 1 saturated heterocycles. The lowest BCUT2D eigenvalue weighted by molar-refractivity contribution is 0.0754. The van der Waals surface area contributed by atoms with Crippen molar-refractivity contribution in [1.82, 2.24) is 19.4 Å². The molecule has 9 heteroatoms. The van der Waals surface area contributed by atoms with Crippen molar-refractivity contribution in [1.29, 1.82) is 0 Å². The number of carbonyl (C=O) groups is 1. The second-order valence-electron chi connectivity index (χ2n) is 11.1. The summed E-state index contributed by atoms with van der Waals surface area (Å²) in [6, 6.07) is 14.3. The van der Waals surface area contributed by atoms with Crippen LogP contribution >= 0.6 is 0 Å². The number of likely N-dealkylation sites (tertiary alicyclic amines) is 1. The number of nitrogens with zero attached hydrogens (tertiary/aromatic N) is 4. The molecular formula is C32H36FN4O3S-. The lowest BCUT2D eigenvalue weighted by Crippen LogP contribution is -2.34. The van der Waals surface area contributed by atoms with Crippen molar-refractivity contribution in [2.24, 2.45) is 0 Å². The van der Waals surface area contributed by atoms with Crippen molar-refractivity contribution >= 4 is 27.9 Å². The smallest absolute Gasteiger partial charge is 0.256 e. The van der Waals surface area contributed by atoms with Crippen LogP contribution in [-0.4, -0.2) is 66.7 Å². The minimum Gasteiger partial charge on any atom is -0.772 e. The molecule has 41 heavy (non-hydrogen) atoms. The molecule has 7 nitrogen and oxygen atoms in total. The first-order valence-corrected chi connectivity index (χ1v) is 15.3. The Balaban J connectivity index is 1.33. The Morgan fingerprint density at radius 1 is 1.12 bits per heavy atom. The zero-order valence-corrected chi connectivity index (χ0v) is 24.6. The minimum atomic E-state index is -2.07. The molecule has 5 rings (SSSR count). The van der Waals surface area contributed by atoms with Gasteiger partial charge in [0.1, 0.15) is 5.82 Å². The van der Waals surface area contributed by atoms with Crippen LogP contribution in [0.3, 0.4) is 0 Å². The Labute approximate surface area is 243 Å². The summed E-state index contributed by atoms with van der Waals surface area (Å²) in [6.07, 6.45) is 8.68. The Morgan fingerprint density at radius 2 is 1.83 bits per heavy atom. The molecule has 1 atom stereocenters. The molecule has 1 amide bonds. The normalized spacial score (nSPS) is 15.5. The number of benzene rings is 2. The summed E-state index contributed by atoms with van der Waals surface area (Å²) < 4.78 is 38.2. The fourth-order valence-corrected chi connectivity index (χ4v) is 6.10. The molecule has 3 heterocycles. The fraction of sp³-hybridized carbons (Fsp3) is 0.375. The molecule has 0 N–H and O–H groups in total. The van der Waals surface area contributed by atoms with E-state index in [1.165, 1.54) is 23.3 Å². The molecule has 0 aliphatic carbocycles. The van der Waals surface area contributed by atoms with Crippen LogP contribution in [0.5, 0.6) is 0 Å². The number of rotatable bonds is 9. The van der Waals surface area contributed by atoms with Crippen LogP contribution < -0.4 is 0 Å². The zero-order chi connectivity index (χ0) is 29.1. The first-order valence-electron chi connectivity index (χ1n) is 14.1. The fourth-order valence-electron chi connectivity index (χ4n) is 5.63. The van der Waals surface area contributed by atoms with Crippen molar-refractivity contribution in [3.63, 3.8) is 0 Å². The van der Waals surface area contributed by atoms with E-state index in [9.17, 15) is 17.9 Å². The standard InChI is InChI=1S/C32H37FN4O3S/c1-22(2)35(3)32(38)28-18-26(33)8-9-30(28)37-20-29(27-10-14-34-19-31(27)37)25-12-16-36(17-13-25)15-11-23-4-6-24(7-5-23)21-41(39)40/h4-10,14,18-20,22,25H,11-13,15-17,21H2,1-3H3,(H,39,40)/p-1. The predicted octanol–water partition coefficient (Wildman–Crippen LogP) is 5.45. The topological polar surface area (TPSA) is 81.5 Å². The van der Waals surface area contributed by atoms with E-state index >= 15 is 0 Å². The van der Waals surface area contributed by atoms with Crippen LogP contribution in [0.2, 0.25) is 0 Å². The number of aromatic nitrogens is 2. The molecule has 0 radical (unpaired) electrons. The molecule has 216 valence electrons. The van der Waals surface area contributed by atoms with Gasteiger partial charge in [0.25, 0.3) is 5.91 Å². The number of pyridine rings is 1. The first kappa shape index (κ1) is 29.1. The molecular weight excluding hydrogens is 539 g/mol. The highest BCUT2D eigenvalue weighted by Crippen LogP contribution is 2.36. The second-order valence-corrected chi connectivity index (χ2v) is 12.0. The summed E-state index contributed by atoms with van der Waals surface area (Å²) in [4.78, 5) is 21.8. The van der Waals surface area contributed by atoms with E-state index in [4.69, 9.17) is 0 Å². The van der Waals surface area contributed by atoms with E-state index in [1.54, 1.807) is 24.2 Å². The van der Waals surface area contributed by atoms with Crippen LogP contribution in [0.25, 0.3) is 16.6 Å². The number of hydrogen-bond donors (Lipinski definition) is 0. The van der Waals surface area contributed by atoms with Crippen molar-refractivity contribution in [2.45, 2.75) is 50.8 Å². The van der Waals surface area contributed by atoms with Crippen molar-refractivity contribution in [3.05, 3.63) is 95.2 Å². The van der Waals surface area contributed by atoms with E-state index in [0.29, 0.717) is 17.2 Å². The van der Waals surface area contributed by atoms with E-state index in [0.717, 1.165) is 55.4 Å². The van der Waals surface area contributed by atoms with Crippen LogP contribution in [-0.2, 0) is 23.3 Å². The van der Waals surface area contributed by atoms with Gasteiger partial charge in [-0.05, 0) is 93.1 Å². The molecule has 4 aromatic rings. The van der Waals surface area contributed by atoms with E-state index < -0.39 is 16.9 Å². The molecule has 1 aliphatic heterocycles. The largest absolute Gasteiger partial charge is 0.772 e. The summed E-state index contributed by atoms with van der Waals surface area (Å²) in [5.41, 5.74) is 5.13. The Kier molecular flexibility index (Phi) is 8.97. The zero-order valence-electron chi connectivity index (χ0n) is 23.8.